The molecule has 0 aromatic carbocycles. The molecule has 1 N–H and O–H groups in total. The summed E-state index contributed by atoms with van der Waals surface area (Å²) in [6, 6.07) is 0.677. The van der Waals surface area contributed by atoms with Crippen LogP contribution in [-0.4, -0.2) is 26.8 Å². The minimum Gasteiger partial charge on any atom is -0.307 e. The molecular weight excluding hydrogens is 250 g/mol. The molecule has 0 spiro atoms. The SMILES string of the molecule is CC(C)CNC(C)c1nnnn1C1CCC(C)C(C)C1. The van der Waals surface area contributed by atoms with E-state index in [1.165, 1.54) is 19.3 Å². The number of rotatable bonds is 5. The third-order valence-corrected chi connectivity index (χ3v) is 4.65. The van der Waals surface area contributed by atoms with Crippen molar-refractivity contribution in [1.82, 2.24) is 25.5 Å². The van der Waals surface area contributed by atoms with Crippen LogP contribution in [0.15, 0.2) is 0 Å². The fraction of sp³-hybridized carbons (Fsp3) is 0.933. The zero-order valence-corrected chi connectivity index (χ0v) is 13.5. The Balaban J connectivity index is 2.04. The smallest absolute Gasteiger partial charge is 0.168 e. The zero-order chi connectivity index (χ0) is 14.7. The minimum absolute atomic E-state index is 0.210. The van der Waals surface area contributed by atoms with Crippen molar-refractivity contribution in [1.29, 1.82) is 0 Å². The predicted octanol–water partition coefficient (Wildman–Crippen LogP) is 2.98. The Morgan fingerprint density at radius 1 is 1.20 bits per heavy atom. The summed E-state index contributed by atoms with van der Waals surface area (Å²) in [5.74, 6) is 3.20. The van der Waals surface area contributed by atoms with Gasteiger partial charge in [0, 0.05) is 0 Å². The summed E-state index contributed by atoms with van der Waals surface area (Å²) in [6.45, 7) is 12.3. The maximum absolute atomic E-state index is 4.26. The van der Waals surface area contributed by atoms with Gasteiger partial charge < -0.3 is 5.32 Å². The van der Waals surface area contributed by atoms with Gasteiger partial charge in [-0.25, -0.2) is 4.68 Å². The van der Waals surface area contributed by atoms with Crippen molar-refractivity contribution < 1.29 is 0 Å². The van der Waals surface area contributed by atoms with E-state index in [4.69, 9.17) is 0 Å². The molecule has 4 unspecified atom stereocenters. The Hall–Kier alpha value is -0.970. The first-order valence-corrected chi connectivity index (χ1v) is 8.00. The Morgan fingerprint density at radius 3 is 2.60 bits per heavy atom. The van der Waals surface area contributed by atoms with Gasteiger partial charge in [0.1, 0.15) is 0 Å². The number of hydrogen-bond donors (Lipinski definition) is 1. The monoisotopic (exact) mass is 279 g/mol. The van der Waals surface area contributed by atoms with Crippen LogP contribution >= 0.6 is 0 Å². The molecule has 0 bridgehead atoms. The van der Waals surface area contributed by atoms with Gasteiger partial charge in [-0.15, -0.1) is 5.10 Å². The molecule has 0 radical (unpaired) electrons. The highest BCUT2D eigenvalue weighted by Gasteiger charge is 2.29. The molecular formula is C15H29N5. The Bertz CT molecular complexity index is 414. The molecule has 2 rings (SSSR count). The second kappa shape index (κ2) is 6.66. The summed E-state index contributed by atoms with van der Waals surface area (Å²) in [5, 5.41) is 15.9. The van der Waals surface area contributed by atoms with Gasteiger partial charge in [-0.2, -0.15) is 0 Å². The number of nitrogens with one attached hydrogen (secondary N) is 1. The topological polar surface area (TPSA) is 55.6 Å². The van der Waals surface area contributed by atoms with Gasteiger partial charge in [0.25, 0.3) is 0 Å². The lowest BCUT2D eigenvalue weighted by Gasteiger charge is -2.32. The van der Waals surface area contributed by atoms with Crippen LogP contribution in [0.4, 0.5) is 0 Å². The summed E-state index contributed by atoms with van der Waals surface area (Å²) >= 11 is 0. The van der Waals surface area contributed by atoms with Crippen LogP contribution in [0.2, 0.25) is 0 Å². The van der Waals surface area contributed by atoms with E-state index in [2.05, 4.69) is 60.1 Å². The van der Waals surface area contributed by atoms with Crippen LogP contribution in [0.5, 0.6) is 0 Å². The summed E-state index contributed by atoms with van der Waals surface area (Å²) in [5.41, 5.74) is 0. The third kappa shape index (κ3) is 3.57. The Kier molecular flexibility index (Phi) is 5.13. The molecule has 5 heteroatoms. The Labute approximate surface area is 122 Å². The summed E-state index contributed by atoms with van der Waals surface area (Å²) in [4.78, 5) is 0. The van der Waals surface area contributed by atoms with Gasteiger partial charge in [-0.1, -0.05) is 27.7 Å². The van der Waals surface area contributed by atoms with Crippen LogP contribution in [-0.2, 0) is 0 Å². The summed E-state index contributed by atoms with van der Waals surface area (Å²) in [7, 11) is 0. The average molecular weight is 279 g/mol. The van der Waals surface area contributed by atoms with E-state index in [1.807, 2.05) is 0 Å². The molecule has 1 fully saturated rings. The quantitative estimate of drug-likeness (QED) is 0.900. The van der Waals surface area contributed by atoms with E-state index in [9.17, 15) is 0 Å². The van der Waals surface area contributed by atoms with Gasteiger partial charge >= 0.3 is 0 Å². The van der Waals surface area contributed by atoms with Crippen LogP contribution in [0.3, 0.4) is 0 Å². The number of aromatic nitrogens is 4. The molecule has 20 heavy (non-hydrogen) atoms. The molecule has 5 nitrogen and oxygen atoms in total. The van der Waals surface area contributed by atoms with Crippen LogP contribution in [0.1, 0.15) is 71.8 Å². The average Bonchev–Trinajstić information content (AvgIpc) is 2.88. The van der Waals surface area contributed by atoms with Crippen LogP contribution in [0.25, 0.3) is 0 Å². The first-order chi connectivity index (χ1) is 9.49. The molecule has 1 heterocycles. The third-order valence-electron chi connectivity index (χ3n) is 4.65. The highest BCUT2D eigenvalue weighted by molar-refractivity contribution is 4.93. The molecule has 1 aliphatic rings. The molecule has 0 saturated heterocycles. The van der Waals surface area contributed by atoms with Gasteiger partial charge in [0.15, 0.2) is 5.82 Å². The van der Waals surface area contributed by atoms with Crippen molar-refractivity contribution in [2.75, 3.05) is 6.54 Å². The first-order valence-electron chi connectivity index (χ1n) is 8.00. The van der Waals surface area contributed by atoms with Gasteiger partial charge in [-0.05, 0) is 60.9 Å². The number of hydrogen-bond acceptors (Lipinski definition) is 4. The molecule has 4 atom stereocenters. The lowest BCUT2D eigenvalue weighted by molar-refractivity contribution is 0.194. The molecule has 1 aromatic rings. The van der Waals surface area contributed by atoms with E-state index in [1.54, 1.807) is 0 Å². The van der Waals surface area contributed by atoms with Gasteiger partial charge in [0.05, 0.1) is 12.1 Å². The number of tetrazole rings is 1. The lowest BCUT2D eigenvalue weighted by Crippen LogP contribution is -2.29. The lowest BCUT2D eigenvalue weighted by atomic mass is 9.79. The standard InChI is InChI=1S/C15H29N5/c1-10(2)9-16-13(5)15-17-18-19-20(15)14-7-6-11(3)12(4)8-14/h10-14,16H,6-9H2,1-5H3. The largest absolute Gasteiger partial charge is 0.307 e. The second-order valence-electron chi connectivity index (χ2n) is 6.93. The fourth-order valence-electron chi connectivity index (χ4n) is 2.99. The Morgan fingerprint density at radius 2 is 1.95 bits per heavy atom. The first kappa shape index (κ1) is 15.4. The summed E-state index contributed by atoms with van der Waals surface area (Å²) < 4.78 is 2.07. The zero-order valence-electron chi connectivity index (χ0n) is 13.5. The van der Waals surface area contributed by atoms with Crippen molar-refractivity contribution in [3.8, 4) is 0 Å². The molecule has 0 amide bonds. The fourth-order valence-corrected chi connectivity index (χ4v) is 2.99. The van der Waals surface area contributed by atoms with E-state index in [0.29, 0.717) is 12.0 Å². The van der Waals surface area contributed by atoms with Crippen molar-refractivity contribution in [2.24, 2.45) is 17.8 Å². The molecule has 1 aliphatic carbocycles. The predicted molar refractivity (Wildman–Crippen MR) is 80.3 cm³/mol. The van der Waals surface area contributed by atoms with Crippen LogP contribution < -0.4 is 5.32 Å². The van der Waals surface area contributed by atoms with Gasteiger partial charge in [-0.3, -0.25) is 0 Å². The van der Waals surface area contributed by atoms with Crippen molar-refractivity contribution in [3.05, 3.63) is 5.82 Å². The van der Waals surface area contributed by atoms with E-state index in [0.717, 1.165) is 24.2 Å². The minimum atomic E-state index is 0.210. The molecule has 1 saturated carbocycles. The number of nitrogens with zero attached hydrogens (tertiary/aromatic N) is 4. The maximum atomic E-state index is 4.26. The highest BCUT2D eigenvalue weighted by atomic mass is 15.6. The molecule has 1 aromatic heterocycles. The summed E-state index contributed by atoms with van der Waals surface area (Å²) in [6.07, 6.45) is 3.66. The van der Waals surface area contributed by atoms with E-state index < -0.39 is 0 Å². The molecule has 114 valence electrons. The van der Waals surface area contributed by atoms with Crippen molar-refractivity contribution >= 4 is 0 Å². The van der Waals surface area contributed by atoms with Gasteiger partial charge in [0.2, 0.25) is 0 Å². The van der Waals surface area contributed by atoms with Crippen LogP contribution in [0, 0.1) is 17.8 Å². The van der Waals surface area contributed by atoms with Crippen molar-refractivity contribution in [2.45, 2.75) is 66.0 Å². The highest BCUT2D eigenvalue weighted by Crippen LogP contribution is 2.36. The van der Waals surface area contributed by atoms with E-state index >= 15 is 0 Å². The maximum Gasteiger partial charge on any atom is 0.168 e. The van der Waals surface area contributed by atoms with E-state index in [-0.39, 0.29) is 6.04 Å². The van der Waals surface area contributed by atoms with Crippen molar-refractivity contribution in [3.63, 3.8) is 0 Å². The molecule has 0 aliphatic heterocycles. The normalized spacial score (nSPS) is 28.8. The second-order valence-corrected chi connectivity index (χ2v) is 6.93.